The fourth-order valence-corrected chi connectivity index (χ4v) is 1.97. The van der Waals surface area contributed by atoms with E-state index in [0.29, 0.717) is 22.4 Å². The van der Waals surface area contributed by atoms with Crippen molar-refractivity contribution < 1.29 is 9.47 Å². The first-order valence-electron chi connectivity index (χ1n) is 6.61. The van der Waals surface area contributed by atoms with Gasteiger partial charge in [-0.25, -0.2) is 0 Å². The minimum atomic E-state index is 0.526. The van der Waals surface area contributed by atoms with Crippen LogP contribution in [0.2, 0.25) is 10.0 Å². The van der Waals surface area contributed by atoms with Gasteiger partial charge in [-0.1, -0.05) is 42.6 Å². The molecule has 0 radical (unpaired) electrons. The highest BCUT2D eigenvalue weighted by Crippen LogP contribution is 2.32. The zero-order valence-corrected chi connectivity index (χ0v) is 12.8. The Morgan fingerprint density at radius 1 is 1.05 bits per heavy atom. The molecule has 0 aromatic heterocycles. The second-order valence-electron chi connectivity index (χ2n) is 4.12. The van der Waals surface area contributed by atoms with E-state index in [1.807, 2.05) is 0 Å². The van der Waals surface area contributed by atoms with E-state index in [2.05, 4.69) is 12.2 Å². The van der Waals surface area contributed by atoms with Crippen molar-refractivity contribution in [3.63, 3.8) is 0 Å². The number of benzene rings is 1. The molecule has 0 saturated carbocycles. The van der Waals surface area contributed by atoms with E-state index in [0.717, 1.165) is 32.7 Å². The van der Waals surface area contributed by atoms with Crippen LogP contribution in [0.1, 0.15) is 19.8 Å². The van der Waals surface area contributed by atoms with Gasteiger partial charge in [0.05, 0.1) is 16.7 Å². The SMILES string of the molecule is CCCCOCCNCCOc1c(Cl)cccc1Cl. The highest BCUT2D eigenvalue weighted by Gasteiger charge is 2.05. The van der Waals surface area contributed by atoms with E-state index in [9.17, 15) is 0 Å². The number of halogens is 2. The van der Waals surface area contributed by atoms with Crippen LogP contribution >= 0.6 is 23.2 Å². The van der Waals surface area contributed by atoms with Crippen molar-refractivity contribution in [1.82, 2.24) is 5.32 Å². The van der Waals surface area contributed by atoms with Crippen LogP contribution in [0.5, 0.6) is 5.75 Å². The van der Waals surface area contributed by atoms with Crippen LogP contribution in [0.15, 0.2) is 18.2 Å². The predicted molar refractivity (Wildman–Crippen MR) is 80.6 cm³/mol. The van der Waals surface area contributed by atoms with Crippen molar-refractivity contribution in [2.75, 3.05) is 32.9 Å². The molecule has 108 valence electrons. The van der Waals surface area contributed by atoms with Gasteiger partial charge in [-0.3, -0.25) is 0 Å². The van der Waals surface area contributed by atoms with E-state index in [-0.39, 0.29) is 0 Å². The van der Waals surface area contributed by atoms with Gasteiger partial charge in [0.25, 0.3) is 0 Å². The second-order valence-corrected chi connectivity index (χ2v) is 4.93. The summed E-state index contributed by atoms with van der Waals surface area (Å²) in [5.74, 6) is 0.548. The molecule has 0 heterocycles. The summed E-state index contributed by atoms with van der Waals surface area (Å²) >= 11 is 12.0. The topological polar surface area (TPSA) is 30.5 Å². The summed E-state index contributed by atoms with van der Waals surface area (Å²) in [6.07, 6.45) is 2.29. The first-order chi connectivity index (χ1) is 9.25. The summed E-state index contributed by atoms with van der Waals surface area (Å²) in [7, 11) is 0. The number of rotatable bonds is 10. The molecule has 0 saturated heterocycles. The zero-order valence-electron chi connectivity index (χ0n) is 11.3. The maximum Gasteiger partial charge on any atom is 0.156 e. The Morgan fingerprint density at radius 3 is 2.42 bits per heavy atom. The van der Waals surface area contributed by atoms with E-state index in [1.165, 1.54) is 6.42 Å². The van der Waals surface area contributed by atoms with E-state index in [4.69, 9.17) is 32.7 Å². The van der Waals surface area contributed by atoms with Gasteiger partial charge in [0.15, 0.2) is 5.75 Å². The van der Waals surface area contributed by atoms with Gasteiger partial charge in [-0.15, -0.1) is 0 Å². The molecule has 0 bridgehead atoms. The van der Waals surface area contributed by atoms with Crippen molar-refractivity contribution in [2.24, 2.45) is 0 Å². The third-order valence-electron chi connectivity index (χ3n) is 2.51. The fraction of sp³-hybridized carbons (Fsp3) is 0.571. The summed E-state index contributed by atoms with van der Waals surface area (Å²) in [5.41, 5.74) is 0. The van der Waals surface area contributed by atoms with Gasteiger partial charge in [0.1, 0.15) is 6.61 Å². The molecule has 19 heavy (non-hydrogen) atoms. The van der Waals surface area contributed by atoms with Crippen molar-refractivity contribution in [3.05, 3.63) is 28.2 Å². The quantitative estimate of drug-likeness (QED) is 0.667. The lowest BCUT2D eigenvalue weighted by Crippen LogP contribution is -2.25. The molecule has 0 spiro atoms. The predicted octanol–water partition coefficient (Wildman–Crippen LogP) is 3.78. The molecule has 1 rings (SSSR count). The molecule has 3 nitrogen and oxygen atoms in total. The summed E-state index contributed by atoms with van der Waals surface area (Å²) < 4.78 is 11.0. The third-order valence-corrected chi connectivity index (χ3v) is 3.10. The van der Waals surface area contributed by atoms with E-state index in [1.54, 1.807) is 18.2 Å². The number of nitrogens with one attached hydrogen (secondary N) is 1. The lowest BCUT2D eigenvalue weighted by Gasteiger charge is -2.10. The largest absolute Gasteiger partial charge is 0.489 e. The average molecular weight is 306 g/mol. The summed E-state index contributed by atoms with van der Waals surface area (Å²) in [5, 5.41) is 4.31. The average Bonchev–Trinajstić information content (AvgIpc) is 2.40. The van der Waals surface area contributed by atoms with Crippen LogP contribution < -0.4 is 10.1 Å². The number of unbranched alkanes of at least 4 members (excludes halogenated alkanes) is 1. The Labute approximate surface area is 125 Å². The zero-order chi connectivity index (χ0) is 13.9. The van der Waals surface area contributed by atoms with Crippen LogP contribution in [0.25, 0.3) is 0 Å². The van der Waals surface area contributed by atoms with Crippen molar-refractivity contribution in [3.8, 4) is 5.75 Å². The van der Waals surface area contributed by atoms with E-state index >= 15 is 0 Å². The monoisotopic (exact) mass is 305 g/mol. The molecule has 1 aromatic rings. The number of ether oxygens (including phenoxy) is 2. The highest BCUT2D eigenvalue weighted by molar-refractivity contribution is 6.37. The Hall–Kier alpha value is -0.480. The Balaban J connectivity index is 2.05. The summed E-state index contributed by atoms with van der Waals surface area (Å²) in [4.78, 5) is 0. The van der Waals surface area contributed by atoms with Crippen LogP contribution in [0.4, 0.5) is 0 Å². The van der Waals surface area contributed by atoms with Crippen LogP contribution in [0.3, 0.4) is 0 Å². The molecule has 0 aliphatic heterocycles. The minimum absolute atomic E-state index is 0.526. The molecule has 0 atom stereocenters. The molecule has 0 aliphatic rings. The summed E-state index contributed by atoms with van der Waals surface area (Å²) in [6, 6.07) is 5.32. The van der Waals surface area contributed by atoms with Gasteiger partial charge in [0, 0.05) is 19.7 Å². The fourth-order valence-electron chi connectivity index (χ4n) is 1.46. The first kappa shape index (κ1) is 16.6. The Kier molecular flexibility index (Phi) is 9.01. The van der Waals surface area contributed by atoms with Crippen molar-refractivity contribution in [1.29, 1.82) is 0 Å². The maximum absolute atomic E-state index is 5.99. The van der Waals surface area contributed by atoms with Gasteiger partial charge < -0.3 is 14.8 Å². The van der Waals surface area contributed by atoms with Crippen LogP contribution in [-0.4, -0.2) is 32.9 Å². The molecule has 5 heteroatoms. The number of hydrogen-bond acceptors (Lipinski definition) is 3. The number of para-hydroxylation sites is 1. The minimum Gasteiger partial charge on any atom is -0.489 e. The smallest absolute Gasteiger partial charge is 0.156 e. The van der Waals surface area contributed by atoms with E-state index < -0.39 is 0 Å². The molecular weight excluding hydrogens is 285 g/mol. The molecule has 0 unspecified atom stereocenters. The molecule has 0 fully saturated rings. The maximum atomic E-state index is 5.99. The lowest BCUT2D eigenvalue weighted by atomic mass is 10.3. The normalized spacial score (nSPS) is 10.7. The first-order valence-corrected chi connectivity index (χ1v) is 7.36. The molecule has 1 N–H and O–H groups in total. The molecular formula is C14H21Cl2NO2. The Morgan fingerprint density at radius 2 is 1.74 bits per heavy atom. The van der Waals surface area contributed by atoms with Gasteiger partial charge in [-0.05, 0) is 18.6 Å². The second kappa shape index (κ2) is 10.3. The van der Waals surface area contributed by atoms with Gasteiger partial charge >= 0.3 is 0 Å². The van der Waals surface area contributed by atoms with Gasteiger partial charge in [0.2, 0.25) is 0 Å². The molecule has 0 aliphatic carbocycles. The molecule has 0 amide bonds. The highest BCUT2D eigenvalue weighted by atomic mass is 35.5. The third kappa shape index (κ3) is 7.02. The summed E-state index contributed by atoms with van der Waals surface area (Å²) in [6.45, 7) is 5.80. The molecule has 1 aromatic carbocycles. The lowest BCUT2D eigenvalue weighted by molar-refractivity contribution is 0.132. The Bertz CT molecular complexity index is 341. The number of hydrogen-bond donors (Lipinski definition) is 1. The van der Waals surface area contributed by atoms with Crippen LogP contribution in [-0.2, 0) is 4.74 Å². The van der Waals surface area contributed by atoms with Crippen molar-refractivity contribution in [2.45, 2.75) is 19.8 Å². The standard InChI is InChI=1S/C14H21Cl2NO2/c1-2-3-9-18-10-7-17-8-11-19-14-12(15)5-4-6-13(14)16/h4-6,17H,2-3,7-11H2,1H3. The van der Waals surface area contributed by atoms with Crippen molar-refractivity contribution >= 4 is 23.2 Å². The van der Waals surface area contributed by atoms with Gasteiger partial charge in [-0.2, -0.15) is 0 Å². The van der Waals surface area contributed by atoms with Crippen LogP contribution in [0, 0.1) is 0 Å².